The first-order valence-corrected chi connectivity index (χ1v) is 12.7. The highest BCUT2D eigenvalue weighted by Crippen LogP contribution is 2.59. The summed E-state index contributed by atoms with van der Waals surface area (Å²) in [7, 11) is -1.92. The zero-order valence-corrected chi connectivity index (χ0v) is 17.8. The van der Waals surface area contributed by atoms with Crippen molar-refractivity contribution in [3.05, 3.63) is 0 Å². The number of carbonyl (C=O) groups excluding carboxylic acids is 1. The molecule has 0 N–H and O–H groups in total. The van der Waals surface area contributed by atoms with Crippen LogP contribution >= 0.6 is 0 Å². The van der Waals surface area contributed by atoms with Crippen LogP contribution < -0.4 is 0 Å². The highest BCUT2D eigenvalue weighted by molar-refractivity contribution is 6.74. The minimum Gasteiger partial charge on any atom is -0.414 e. The van der Waals surface area contributed by atoms with Gasteiger partial charge in [-0.25, -0.2) is 0 Å². The van der Waals surface area contributed by atoms with Gasteiger partial charge in [0.1, 0.15) is 5.78 Å². The molecular weight excluding hydrogens is 332 g/mol. The molecule has 0 bridgehead atoms. The highest BCUT2D eigenvalue weighted by atomic mass is 28.4. The Morgan fingerprint density at radius 3 is 2.48 bits per heavy atom. The Morgan fingerprint density at radius 1 is 1.24 bits per heavy atom. The van der Waals surface area contributed by atoms with Gasteiger partial charge >= 0.3 is 0 Å². The van der Waals surface area contributed by atoms with Gasteiger partial charge in [-0.1, -0.05) is 27.7 Å². The molecule has 5 heteroatoms. The van der Waals surface area contributed by atoms with E-state index < -0.39 is 20.5 Å². The van der Waals surface area contributed by atoms with Crippen molar-refractivity contribution in [1.82, 2.24) is 0 Å². The standard InChI is InChI=1S/C20H36O4Si/c1-18(2,3)25(5,6)24-17-9-11-19(4)16(17)14-15(21)8-7-10-20(19)22-12-13-23-20/h16-17H,7-14H2,1-6H3/t16-,17-,19-/m1/s1/i7D/t7?,16-,17-,19-. The summed E-state index contributed by atoms with van der Waals surface area (Å²) in [5, 5.41) is 0.141. The highest BCUT2D eigenvalue weighted by Gasteiger charge is 2.62. The monoisotopic (exact) mass is 369 g/mol. The number of hydrogen-bond acceptors (Lipinski definition) is 4. The van der Waals surface area contributed by atoms with Crippen molar-refractivity contribution in [2.75, 3.05) is 13.2 Å². The average Bonchev–Trinajstić information content (AvgIpc) is 3.06. The summed E-state index contributed by atoms with van der Waals surface area (Å²) in [6, 6.07) is 0. The second kappa shape index (κ2) is 6.43. The third-order valence-corrected chi connectivity index (χ3v) is 11.8. The van der Waals surface area contributed by atoms with E-state index in [1.165, 1.54) is 0 Å². The Morgan fingerprint density at radius 2 is 1.88 bits per heavy atom. The van der Waals surface area contributed by atoms with Crippen molar-refractivity contribution < 1.29 is 20.1 Å². The van der Waals surface area contributed by atoms with E-state index in [1.54, 1.807) is 0 Å². The number of Topliss-reactive ketones (excluding diaryl/α,β-unsaturated/α-hetero) is 1. The molecule has 3 aliphatic rings. The summed E-state index contributed by atoms with van der Waals surface area (Å²) in [4.78, 5) is 12.6. The summed E-state index contributed by atoms with van der Waals surface area (Å²) in [5.41, 5.74) is -0.272. The minimum atomic E-state index is -1.92. The lowest BCUT2D eigenvalue weighted by Gasteiger charge is -2.49. The fourth-order valence-electron chi connectivity index (χ4n) is 4.65. The molecule has 0 amide bonds. The summed E-state index contributed by atoms with van der Waals surface area (Å²) >= 11 is 0. The molecule has 1 spiro atoms. The third-order valence-electron chi connectivity index (χ3n) is 7.32. The quantitative estimate of drug-likeness (QED) is 0.663. The van der Waals surface area contributed by atoms with E-state index in [2.05, 4.69) is 40.8 Å². The minimum absolute atomic E-state index is 0.0804. The van der Waals surface area contributed by atoms with Gasteiger partial charge in [-0.2, -0.15) is 0 Å². The zero-order chi connectivity index (χ0) is 19.4. The van der Waals surface area contributed by atoms with Gasteiger partial charge in [0, 0.05) is 38.1 Å². The van der Waals surface area contributed by atoms with Crippen LogP contribution in [0.3, 0.4) is 0 Å². The predicted octanol–water partition coefficient (Wildman–Crippen LogP) is 4.68. The fraction of sp³-hybridized carbons (Fsp3) is 0.950. The predicted molar refractivity (Wildman–Crippen MR) is 101 cm³/mol. The topological polar surface area (TPSA) is 44.8 Å². The lowest BCUT2D eigenvalue weighted by molar-refractivity contribution is -0.253. The van der Waals surface area contributed by atoms with E-state index in [4.69, 9.17) is 15.3 Å². The second-order valence-corrected chi connectivity index (χ2v) is 14.6. The van der Waals surface area contributed by atoms with Crippen molar-refractivity contribution in [3.8, 4) is 0 Å². The largest absolute Gasteiger partial charge is 0.414 e. The van der Waals surface area contributed by atoms with E-state index in [0.29, 0.717) is 32.5 Å². The second-order valence-electron chi connectivity index (χ2n) is 9.87. The SMILES string of the molecule is [2H]C1CC(=O)C[C@@H]2[C@H](O[Si](C)(C)C(C)(C)C)CC[C@@]2(C)C2(C1)OCCO2. The molecule has 144 valence electrons. The van der Waals surface area contributed by atoms with Crippen molar-refractivity contribution in [1.29, 1.82) is 0 Å². The maximum absolute atomic E-state index is 12.6. The molecule has 0 aromatic rings. The third kappa shape index (κ3) is 3.26. The Bertz CT molecular complexity index is 553. The van der Waals surface area contributed by atoms with Crippen LogP contribution in [-0.4, -0.2) is 39.2 Å². The first-order valence-electron chi connectivity index (χ1n) is 10.4. The van der Waals surface area contributed by atoms with Crippen molar-refractivity contribution >= 4 is 14.1 Å². The first-order chi connectivity index (χ1) is 11.9. The fourth-order valence-corrected chi connectivity index (χ4v) is 6.04. The summed E-state index contributed by atoms with van der Waals surface area (Å²) < 4.78 is 27.5. The Kier molecular flexibility index (Phi) is 4.67. The molecule has 25 heavy (non-hydrogen) atoms. The van der Waals surface area contributed by atoms with Crippen LogP contribution in [0.1, 0.15) is 67.6 Å². The smallest absolute Gasteiger partial charge is 0.192 e. The molecule has 4 atom stereocenters. The van der Waals surface area contributed by atoms with Crippen LogP contribution in [0.15, 0.2) is 0 Å². The van der Waals surface area contributed by atoms with Crippen LogP contribution in [0, 0.1) is 11.3 Å². The zero-order valence-electron chi connectivity index (χ0n) is 17.8. The van der Waals surface area contributed by atoms with Crippen molar-refractivity contribution in [3.63, 3.8) is 0 Å². The van der Waals surface area contributed by atoms with Gasteiger partial charge in [0.2, 0.25) is 0 Å². The van der Waals surface area contributed by atoms with Gasteiger partial charge in [-0.15, -0.1) is 0 Å². The lowest BCUT2D eigenvalue weighted by atomic mass is 9.67. The number of rotatable bonds is 2. The molecule has 0 radical (unpaired) electrons. The van der Waals surface area contributed by atoms with Crippen LogP contribution in [0.4, 0.5) is 0 Å². The van der Waals surface area contributed by atoms with Crippen molar-refractivity contribution in [2.45, 2.75) is 96.2 Å². The van der Waals surface area contributed by atoms with E-state index >= 15 is 0 Å². The van der Waals surface area contributed by atoms with Gasteiger partial charge < -0.3 is 13.9 Å². The number of ketones is 1. The average molecular weight is 370 g/mol. The maximum Gasteiger partial charge on any atom is 0.192 e. The van der Waals surface area contributed by atoms with Crippen LogP contribution in [-0.2, 0) is 18.7 Å². The first kappa shape index (κ1) is 18.1. The van der Waals surface area contributed by atoms with Gasteiger partial charge in [-0.05, 0) is 37.4 Å². The number of fused-ring (bicyclic) bond motifs is 2. The van der Waals surface area contributed by atoms with Crippen LogP contribution in [0.2, 0.25) is 18.1 Å². The lowest BCUT2D eigenvalue weighted by Crippen LogP contribution is -2.54. The molecule has 3 fully saturated rings. The van der Waals surface area contributed by atoms with E-state index in [0.717, 1.165) is 12.8 Å². The van der Waals surface area contributed by atoms with Crippen LogP contribution in [0.25, 0.3) is 0 Å². The normalized spacial score (nSPS) is 39.8. The Balaban J connectivity index is 1.93. The summed E-state index contributed by atoms with van der Waals surface area (Å²) in [6.45, 7) is 14.7. The van der Waals surface area contributed by atoms with E-state index in [1.807, 2.05) is 0 Å². The number of ether oxygens (including phenoxy) is 2. The summed E-state index contributed by atoms with van der Waals surface area (Å²) in [5.74, 6) is -0.425. The van der Waals surface area contributed by atoms with Gasteiger partial charge in [0.05, 0.1) is 13.2 Å². The molecule has 2 saturated carbocycles. The van der Waals surface area contributed by atoms with Gasteiger partial charge in [0.15, 0.2) is 14.1 Å². The molecule has 1 unspecified atom stereocenters. The molecule has 3 rings (SSSR count). The molecule has 0 aromatic carbocycles. The Hall–Kier alpha value is -0.233. The van der Waals surface area contributed by atoms with Gasteiger partial charge in [0.25, 0.3) is 0 Å². The van der Waals surface area contributed by atoms with Gasteiger partial charge in [-0.3, -0.25) is 4.79 Å². The molecule has 1 saturated heterocycles. The molecule has 1 aliphatic heterocycles. The van der Waals surface area contributed by atoms with E-state index in [9.17, 15) is 4.79 Å². The molecular formula is C20H36O4Si. The molecule has 4 nitrogen and oxygen atoms in total. The van der Waals surface area contributed by atoms with Crippen LogP contribution in [0.5, 0.6) is 0 Å². The number of carbonyl (C=O) groups is 1. The van der Waals surface area contributed by atoms with Crippen molar-refractivity contribution in [2.24, 2.45) is 11.3 Å². The molecule has 2 aliphatic carbocycles. The molecule has 1 heterocycles. The molecule has 0 aromatic heterocycles. The number of hydrogen-bond donors (Lipinski definition) is 0. The summed E-state index contributed by atoms with van der Waals surface area (Å²) in [6.07, 6.45) is 2.77. The van der Waals surface area contributed by atoms with E-state index in [-0.39, 0.29) is 28.3 Å². The maximum atomic E-state index is 12.6. The Labute approximate surface area is 155 Å².